The molecule has 1 atom stereocenters. The number of rotatable bonds is 7. The first-order valence-electron chi connectivity index (χ1n) is 10.3. The van der Waals surface area contributed by atoms with Gasteiger partial charge in [0.2, 0.25) is 0 Å². The van der Waals surface area contributed by atoms with E-state index in [0.29, 0.717) is 21.2 Å². The van der Waals surface area contributed by atoms with Crippen molar-refractivity contribution in [3.63, 3.8) is 0 Å². The van der Waals surface area contributed by atoms with Crippen molar-refractivity contribution >= 4 is 57.6 Å². The number of thioether (sulfide) groups is 1. The van der Waals surface area contributed by atoms with Crippen molar-refractivity contribution in [1.82, 2.24) is 0 Å². The van der Waals surface area contributed by atoms with Gasteiger partial charge in [-0.25, -0.2) is 14.4 Å². The number of carbonyl (C=O) groups is 4. The Morgan fingerprint density at radius 3 is 2.00 bits per heavy atom. The SMILES string of the molecule is CC(OC(N)=O)(Sc1ccc(C=O)c2ccccc12)c1c(C(=O)O)cc(C(=O)O)c2ccccc12. The van der Waals surface area contributed by atoms with E-state index < -0.39 is 23.0 Å². The van der Waals surface area contributed by atoms with Crippen molar-refractivity contribution in [1.29, 1.82) is 0 Å². The number of carbonyl (C=O) groups excluding carboxylic acids is 2. The van der Waals surface area contributed by atoms with Crippen LogP contribution in [0.25, 0.3) is 21.5 Å². The minimum absolute atomic E-state index is 0.0814. The van der Waals surface area contributed by atoms with Gasteiger partial charge in [-0.15, -0.1) is 0 Å². The summed E-state index contributed by atoms with van der Waals surface area (Å²) in [5.41, 5.74) is 5.42. The van der Waals surface area contributed by atoms with Gasteiger partial charge >= 0.3 is 18.0 Å². The van der Waals surface area contributed by atoms with Crippen LogP contribution in [0.2, 0.25) is 0 Å². The van der Waals surface area contributed by atoms with E-state index in [0.717, 1.165) is 24.1 Å². The van der Waals surface area contributed by atoms with E-state index in [1.165, 1.54) is 6.92 Å². The number of carboxylic acids is 2. The van der Waals surface area contributed by atoms with Crippen LogP contribution in [-0.4, -0.2) is 34.5 Å². The van der Waals surface area contributed by atoms with E-state index in [2.05, 4.69) is 0 Å². The lowest BCUT2D eigenvalue weighted by molar-refractivity contribution is 0.0674. The number of carboxylic acid groups (broad SMARTS) is 2. The van der Waals surface area contributed by atoms with Crippen LogP contribution >= 0.6 is 11.8 Å². The van der Waals surface area contributed by atoms with Crippen LogP contribution in [-0.2, 0) is 9.67 Å². The molecule has 0 aliphatic rings. The van der Waals surface area contributed by atoms with Crippen LogP contribution in [0.15, 0.2) is 71.6 Å². The molecule has 4 aromatic carbocycles. The van der Waals surface area contributed by atoms with Gasteiger partial charge in [-0.2, -0.15) is 0 Å². The number of benzene rings is 4. The maximum Gasteiger partial charge on any atom is 0.406 e. The van der Waals surface area contributed by atoms with Crippen LogP contribution in [0.3, 0.4) is 0 Å². The molecular formula is C26H19NO7S. The van der Waals surface area contributed by atoms with Gasteiger partial charge in [0.05, 0.1) is 11.1 Å². The van der Waals surface area contributed by atoms with Gasteiger partial charge in [0.15, 0.2) is 11.2 Å². The van der Waals surface area contributed by atoms with Gasteiger partial charge in [0, 0.05) is 16.0 Å². The summed E-state index contributed by atoms with van der Waals surface area (Å²) in [5, 5.41) is 21.6. The van der Waals surface area contributed by atoms with Gasteiger partial charge in [0.25, 0.3) is 0 Å². The van der Waals surface area contributed by atoms with E-state index in [9.17, 15) is 29.4 Å². The Morgan fingerprint density at radius 2 is 1.43 bits per heavy atom. The van der Waals surface area contributed by atoms with Crippen molar-refractivity contribution in [2.24, 2.45) is 5.73 Å². The zero-order valence-electron chi connectivity index (χ0n) is 18.3. The number of aromatic carboxylic acids is 2. The van der Waals surface area contributed by atoms with Crippen LogP contribution in [0.5, 0.6) is 0 Å². The molecule has 0 saturated heterocycles. The number of hydrogen-bond donors (Lipinski definition) is 3. The summed E-state index contributed by atoms with van der Waals surface area (Å²) in [6, 6.07) is 17.9. The smallest absolute Gasteiger partial charge is 0.406 e. The molecule has 0 fully saturated rings. The summed E-state index contributed by atoms with van der Waals surface area (Å²) in [6.45, 7) is 1.50. The van der Waals surface area contributed by atoms with Crippen LogP contribution in [0.1, 0.15) is 43.6 Å². The summed E-state index contributed by atoms with van der Waals surface area (Å²) in [6.07, 6.45) is -0.409. The third-order valence-electron chi connectivity index (χ3n) is 5.60. The molecule has 4 rings (SSSR count). The van der Waals surface area contributed by atoms with Gasteiger partial charge in [-0.1, -0.05) is 60.3 Å². The Morgan fingerprint density at radius 1 is 0.857 bits per heavy atom. The predicted octanol–water partition coefficient (Wildman–Crippen LogP) is 5.26. The Hall–Kier alpha value is -4.37. The maximum atomic E-state index is 12.3. The number of amides is 1. The molecule has 9 heteroatoms. The molecule has 0 spiro atoms. The fourth-order valence-electron chi connectivity index (χ4n) is 4.22. The highest BCUT2D eigenvalue weighted by Crippen LogP contribution is 2.48. The Balaban J connectivity index is 2.05. The number of primary amides is 1. The summed E-state index contributed by atoms with van der Waals surface area (Å²) in [4.78, 5) is 46.7. The average molecular weight is 490 g/mol. The number of nitrogens with two attached hydrogens (primary N) is 1. The van der Waals surface area contributed by atoms with Crippen molar-refractivity contribution in [2.75, 3.05) is 0 Å². The summed E-state index contributed by atoms with van der Waals surface area (Å²) >= 11 is 1.03. The third-order valence-corrected chi connectivity index (χ3v) is 6.86. The first-order valence-corrected chi connectivity index (χ1v) is 11.1. The van der Waals surface area contributed by atoms with E-state index in [1.807, 2.05) is 0 Å². The largest absolute Gasteiger partial charge is 0.478 e. The van der Waals surface area contributed by atoms with Crippen molar-refractivity contribution in [2.45, 2.75) is 16.8 Å². The molecule has 0 heterocycles. The molecule has 4 N–H and O–H groups in total. The maximum absolute atomic E-state index is 12.3. The molecule has 0 aliphatic carbocycles. The predicted molar refractivity (Wildman–Crippen MR) is 131 cm³/mol. The second kappa shape index (κ2) is 9.11. The van der Waals surface area contributed by atoms with Gasteiger partial charge in [0.1, 0.15) is 0 Å². The molecule has 0 bridgehead atoms. The third kappa shape index (κ3) is 4.29. The average Bonchev–Trinajstić information content (AvgIpc) is 2.82. The van der Waals surface area contributed by atoms with Crippen molar-refractivity contribution in [3.05, 3.63) is 89.0 Å². The van der Waals surface area contributed by atoms with Gasteiger partial charge in [-0.05, 0) is 46.7 Å². The minimum atomic E-state index is -1.68. The Labute approximate surface area is 203 Å². The molecule has 0 aliphatic heterocycles. The number of fused-ring (bicyclic) bond motifs is 2. The molecule has 35 heavy (non-hydrogen) atoms. The molecule has 0 radical (unpaired) electrons. The van der Waals surface area contributed by atoms with Crippen LogP contribution in [0.4, 0.5) is 4.79 Å². The number of hydrogen-bond acceptors (Lipinski definition) is 6. The molecule has 1 unspecified atom stereocenters. The normalized spacial score (nSPS) is 12.7. The molecule has 4 aromatic rings. The number of ether oxygens (including phenoxy) is 1. The topological polar surface area (TPSA) is 144 Å². The highest BCUT2D eigenvalue weighted by atomic mass is 32.2. The van der Waals surface area contributed by atoms with E-state index >= 15 is 0 Å². The standard InChI is InChI=1S/C26H19NO7S/c1-26(34-25(27)33,35-21-11-10-14(13-28)15-6-2-4-8-17(15)21)22-18-9-5-3-7-16(18)19(23(29)30)12-20(22)24(31)32/h2-13H,1H3,(H2,27,33)(H,29,30)(H,31,32). The monoisotopic (exact) mass is 489 g/mol. The highest BCUT2D eigenvalue weighted by molar-refractivity contribution is 8.00. The Bertz CT molecular complexity index is 1530. The Kier molecular flexibility index (Phi) is 6.19. The summed E-state index contributed by atoms with van der Waals surface area (Å²) in [7, 11) is 0. The molecule has 1 amide bonds. The first kappa shape index (κ1) is 23.8. The summed E-state index contributed by atoms with van der Waals surface area (Å²) < 4.78 is 5.55. The van der Waals surface area contributed by atoms with Gasteiger partial charge in [-0.3, -0.25) is 4.79 Å². The zero-order valence-corrected chi connectivity index (χ0v) is 19.2. The fourth-order valence-corrected chi connectivity index (χ4v) is 5.51. The fraction of sp³-hybridized carbons (Fsp3) is 0.0769. The molecule has 8 nitrogen and oxygen atoms in total. The lowest BCUT2D eigenvalue weighted by atomic mass is 9.91. The second-order valence-corrected chi connectivity index (χ2v) is 9.21. The minimum Gasteiger partial charge on any atom is -0.478 e. The first-order chi connectivity index (χ1) is 16.7. The lowest BCUT2D eigenvalue weighted by Crippen LogP contribution is -2.31. The van der Waals surface area contributed by atoms with E-state index in [-0.39, 0.29) is 27.5 Å². The highest BCUT2D eigenvalue weighted by Gasteiger charge is 2.39. The zero-order chi connectivity index (χ0) is 25.3. The van der Waals surface area contributed by atoms with E-state index in [1.54, 1.807) is 60.7 Å². The quantitative estimate of drug-likeness (QED) is 0.181. The molecule has 0 saturated carbocycles. The number of aldehydes is 1. The van der Waals surface area contributed by atoms with Crippen LogP contribution in [0, 0.1) is 0 Å². The second-order valence-electron chi connectivity index (χ2n) is 7.79. The lowest BCUT2D eigenvalue weighted by Gasteiger charge is -2.31. The van der Waals surface area contributed by atoms with Gasteiger partial charge < -0.3 is 20.7 Å². The van der Waals surface area contributed by atoms with Crippen molar-refractivity contribution in [3.8, 4) is 0 Å². The molecular weight excluding hydrogens is 470 g/mol. The summed E-state index contributed by atoms with van der Waals surface area (Å²) in [5.74, 6) is -2.69. The van der Waals surface area contributed by atoms with Crippen LogP contribution < -0.4 is 5.73 Å². The molecule has 0 aromatic heterocycles. The van der Waals surface area contributed by atoms with Crippen molar-refractivity contribution < 1.29 is 34.1 Å². The van der Waals surface area contributed by atoms with E-state index in [4.69, 9.17) is 10.5 Å². The molecule has 176 valence electrons.